The molecule has 0 unspecified atom stereocenters. The second-order valence-electron chi connectivity index (χ2n) is 4.31. The Hall–Kier alpha value is -2.50. The predicted molar refractivity (Wildman–Crippen MR) is 70.8 cm³/mol. The van der Waals surface area contributed by atoms with Gasteiger partial charge in [0.05, 0.1) is 19.1 Å². The molecule has 0 aliphatic heterocycles. The van der Waals surface area contributed by atoms with E-state index in [1.54, 1.807) is 36.4 Å². The van der Waals surface area contributed by atoms with E-state index in [1.165, 1.54) is 6.26 Å². The van der Waals surface area contributed by atoms with Gasteiger partial charge in [-0.25, -0.2) is 0 Å². The molecule has 6 nitrogen and oxygen atoms in total. The Labute approximate surface area is 116 Å². The summed E-state index contributed by atoms with van der Waals surface area (Å²) in [5, 5.41) is 2.63. The van der Waals surface area contributed by atoms with Crippen LogP contribution in [-0.2, 0) is 11.3 Å². The first-order valence-corrected chi connectivity index (χ1v) is 6.25. The number of rotatable bonds is 6. The fourth-order valence-electron chi connectivity index (χ4n) is 1.69. The highest BCUT2D eigenvalue weighted by atomic mass is 16.3. The molecule has 106 valence electrons. The monoisotopic (exact) mass is 276 g/mol. The first-order valence-electron chi connectivity index (χ1n) is 6.25. The lowest BCUT2D eigenvalue weighted by molar-refractivity contribution is -0.130. The van der Waals surface area contributed by atoms with Crippen molar-refractivity contribution >= 4 is 11.8 Å². The van der Waals surface area contributed by atoms with Crippen molar-refractivity contribution < 1.29 is 18.4 Å². The summed E-state index contributed by atoms with van der Waals surface area (Å²) < 4.78 is 10.1. The predicted octanol–water partition coefficient (Wildman–Crippen LogP) is 1.65. The largest absolute Gasteiger partial charge is 0.467 e. The fourth-order valence-corrected chi connectivity index (χ4v) is 1.69. The minimum absolute atomic E-state index is 0.0684. The van der Waals surface area contributed by atoms with Gasteiger partial charge in [-0.2, -0.15) is 0 Å². The van der Waals surface area contributed by atoms with Gasteiger partial charge in [0.15, 0.2) is 5.76 Å². The molecule has 2 aromatic rings. The number of carbonyl (C=O) groups is 2. The van der Waals surface area contributed by atoms with Crippen molar-refractivity contribution in [3.63, 3.8) is 0 Å². The zero-order chi connectivity index (χ0) is 14.4. The van der Waals surface area contributed by atoms with Crippen LogP contribution >= 0.6 is 0 Å². The van der Waals surface area contributed by atoms with Crippen molar-refractivity contribution in [3.8, 4) is 0 Å². The lowest BCUT2D eigenvalue weighted by Gasteiger charge is -2.15. The highest BCUT2D eigenvalue weighted by Gasteiger charge is 2.12. The maximum atomic E-state index is 11.8. The van der Waals surface area contributed by atoms with E-state index in [-0.39, 0.29) is 30.5 Å². The van der Waals surface area contributed by atoms with Crippen LogP contribution in [0.1, 0.15) is 22.7 Å². The first-order chi connectivity index (χ1) is 9.66. The van der Waals surface area contributed by atoms with Gasteiger partial charge in [-0.3, -0.25) is 9.59 Å². The molecule has 2 heterocycles. The molecule has 0 aromatic carbocycles. The van der Waals surface area contributed by atoms with E-state index in [0.717, 1.165) is 5.76 Å². The van der Waals surface area contributed by atoms with Gasteiger partial charge >= 0.3 is 0 Å². The smallest absolute Gasteiger partial charge is 0.286 e. The summed E-state index contributed by atoms with van der Waals surface area (Å²) >= 11 is 0. The zero-order valence-electron chi connectivity index (χ0n) is 11.2. The number of furan rings is 2. The van der Waals surface area contributed by atoms with Crippen molar-refractivity contribution in [3.05, 3.63) is 48.3 Å². The van der Waals surface area contributed by atoms with Crippen molar-refractivity contribution in [2.24, 2.45) is 0 Å². The van der Waals surface area contributed by atoms with Crippen molar-refractivity contribution in [2.75, 3.05) is 13.6 Å². The summed E-state index contributed by atoms with van der Waals surface area (Å²) in [5.41, 5.74) is 0. The van der Waals surface area contributed by atoms with Crippen LogP contribution in [0.5, 0.6) is 0 Å². The van der Waals surface area contributed by atoms with Crippen LogP contribution in [0.3, 0.4) is 0 Å². The Bertz CT molecular complexity index is 546. The number of hydrogen-bond acceptors (Lipinski definition) is 4. The summed E-state index contributed by atoms with van der Waals surface area (Å²) in [5.74, 6) is 0.569. The molecule has 0 spiro atoms. The van der Waals surface area contributed by atoms with Crippen LogP contribution in [0.4, 0.5) is 0 Å². The van der Waals surface area contributed by atoms with Gasteiger partial charge < -0.3 is 19.1 Å². The number of nitrogens with zero attached hydrogens (tertiary/aromatic N) is 1. The average Bonchev–Trinajstić information content (AvgIpc) is 3.11. The van der Waals surface area contributed by atoms with Crippen LogP contribution in [0.15, 0.2) is 45.6 Å². The molecular formula is C14H16N2O4. The molecule has 1 N–H and O–H groups in total. The highest BCUT2D eigenvalue weighted by molar-refractivity contribution is 5.91. The molecule has 2 rings (SSSR count). The van der Waals surface area contributed by atoms with E-state index in [1.807, 2.05) is 6.07 Å². The molecule has 0 radical (unpaired) electrons. The quantitative estimate of drug-likeness (QED) is 0.870. The molecule has 0 saturated heterocycles. The third-order valence-electron chi connectivity index (χ3n) is 2.77. The van der Waals surface area contributed by atoms with E-state index in [0.29, 0.717) is 6.54 Å². The van der Waals surface area contributed by atoms with E-state index < -0.39 is 0 Å². The van der Waals surface area contributed by atoms with Crippen LogP contribution in [0.25, 0.3) is 0 Å². The number of nitrogens with one attached hydrogen (secondary N) is 1. The molecule has 6 heteroatoms. The van der Waals surface area contributed by atoms with Gasteiger partial charge in [-0.15, -0.1) is 0 Å². The Balaban J connectivity index is 1.71. The zero-order valence-corrected chi connectivity index (χ0v) is 11.2. The Morgan fingerprint density at radius 2 is 1.95 bits per heavy atom. The number of carbonyl (C=O) groups excluding carboxylic acids is 2. The van der Waals surface area contributed by atoms with Crippen LogP contribution in [0, 0.1) is 0 Å². The number of amides is 2. The summed E-state index contributed by atoms with van der Waals surface area (Å²) in [7, 11) is 1.69. The van der Waals surface area contributed by atoms with Crippen LogP contribution in [-0.4, -0.2) is 30.3 Å². The molecule has 2 aromatic heterocycles. The first kappa shape index (κ1) is 13.9. The maximum Gasteiger partial charge on any atom is 0.286 e. The molecule has 0 atom stereocenters. The van der Waals surface area contributed by atoms with Gasteiger partial charge in [0.25, 0.3) is 5.91 Å². The summed E-state index contributed by atoms with van der Waals surface area (Å²) in [6.07, 6.45) is 3.22. The Morgan fingerprint density at radius 1 is 1.20 bits per heavy atom. The van der Waals surface area contributed by atoms with Gasteiger partial charge in [-0.05, 0) is 24.3 Å². The molecule has 0 aliphatic carbocycles. The highest BCUT2D eigenvalue weighted by Crippen LogP contribution is 2.05. The topological polar surface area (TPSA) is 75.7 Å². The summed E-state index contributed by atoms with van der Waals surface area (Å²) in [6.45, 7) is 0.679. The van der Waals surface area contributed by atoms with Gasteiger partial charge in [0.1, 0.15) is 5.76 Å². The normalized spacial score (nSPS) is 10.2. The Morgan fingerprint density at radius 3 is 2.60 bits per heavy atom. The summed E-state index contributed by atoms with van der Waals surface area (Å²) in [6, 6.07) is 6.79. The third-order valence-corrected chi connectivity index (χ3v) is 2.77. The SMILES string of the molecule is CN(Cc1ccco1)C(=O)CCNC(=O)c1ccco1. The molecule has 2 amide bonds. The van der Waals surface area contributed by atoms with E-state index in [2.05, 4.69) is 5.32 Å². The minimum atomic E-state index is -0.323. The third kappa shape index (κ3) is 3.74. The molecule has 0 fully saturated rings. The van der Waals surface area contributed by atoms with E-state index in [4.69, 9.17) is 8.83 Å². The lowest BCUT2D eigenvalue weighted by atomic mass is 10.3. The molecule has 0 bridgehead atoms. The van der Waals surface area contributed by atoms with Gasteiger partial charge in [-0.1, -0.05) is 0 Å². The van der Waals surface area contributed by atoms with E-state index in [9.17, 15) is 9.59 Å². The maximum absolute atomic E-state index is 11.8. The van der Waals surface area contributed by atoms with Crippen LogP contribution in [0.2, 0.25) is 0 Å². The van der Waals surface area contributed by atoms with Gasteiger partial charge in [0, 0.05) is 20.0 Å². The molecule has 0 saturated carbocycles. The number of hydrogen-bond donors (Lipinski definition) is 1. The second-order valence-corrected chi connectivity index (χ2v) is 4.31. The average molecular weight is 276 g/mol. The van der Waals surface area contributed by atoms with Crippen molar-refractivity contribution in [2.45, 2.75) is 13.0 Å². The van der Waals surface area contributed by atoms with Gasteiger partial charge in [0.2, 0.25) is 5.91 Å². The summed E-state index contributed by atoms with van der Waals surface area (Å²) in [4.78, 5) is 25.0. The van der Waals surface area contributed by atoms with E-state index >= 15 is 0 Å². The standard InChI is InChI=1S/C14H16N2O4/c1-16(10-11-4-2-8-19-11)13(17)6-7-15-14(18)12-5-3-9-20-12/h2-5,8-9H,6-7,10H2,1H3,(H,15,18). The lowest BCUT2D eigenvalue weighted by Crippen LogP contribution is -2.31. The minimum Gasteiger partial charge on any atom is -0.467 e. The van der Waals surface area contributed by atoms with Crippen LogP contribution < -0.4 is 5.32 Å². The molecule has 20 heavy (non-hydrogen) atoms. The van der Waals surface area contributed by atoms with Crippen molar-refractivity contribution in [1.82, 2.24) is 10.2 Å². The second kappa shape index (κ2) is 6.60. The Kier molecular flexibility index (Phi) is 4.60. The van der Waals surface area contributed by atoms with Crippen molar-refractivity contribution in [1.29, 1.82) is 0 Å². The fraction of sp³-hybridized carbons (Fsp3) is 0.286. The molecular weight excluding hydrogens is 260 g/mol. The molecule has 0 aliphatic rings.